The van der Waals surface area contributed by atoms with Gasteiger partial charge in [-0.1, -0.05) is 6.07 Å². The highest BCUT2D eigenvalue weighted by Crippen LogP contribution is 2.33. The fourth-order valence-electron chi connectivity index (χ4n) is 4.01. The van der Waals surface area contributed by atoms with Gasteiger partial charge in [-0.05, 0) is 48.7 Å². The Balaban J connectivity index is 1.46. The lowest BCUT2D eigenvalue weighted by Crippen LogP contribution is -2.39. The largest absolute Gasteiger partial charge is 0.334 e. The van der Waals surface area contributed by atoms with E-state index in [1.165, 1.54) is 17.7 Å². The van der Waals surface area contributed by atoms with Gasteiger partial charge < -0.3 is 4.90 Å². The molecule has 1 aromatic heterocycles. The SMILES string of the molecule is O=C(c1ccc(F)cc1)N1CC[C@H]2[C@H]1CCN2Cc1cccnc1. The Hall–Kier alpha value is -2.27. The standard InChI is InChI=1S/C19H20FN3O/c20-16-5-3-15(4-6-16)19(24)23-11-8-17-18(23)7-10-22(17)13-14-2-1-9-21-12-14/h1-6,9,12,17-18H,7-8,10-11,13H2/t17-,18+/m0/s1. The highest BCUT2D eigenvalue weighted by atomic mass is 19.1. The maximum absolute atomic E-state index is 13.1. The van der Waals surface area contributed by atoms with Crippen molar-refractivity contribution in [3.05, 3.63) is 65.7 Å². The number of pyridine rings is 1. The zero-order chi connectivity index (χ0) is 16.5. The third-order valence-corrected chi connectivity index (χ3v) is 5.15. The molecule has 0 unspecified atom stereocenters. The lowest BCUT2D eigenvalue weighted by molar-refractivity contribution is 0.0732. The van der Waals surface area contributed by atoms with Gasteiger partial charge in [0, 0.05) is 49.7 Å². The summed E-state index contributed by atoms with van der Waals surface area (Å²) in [5.41, 5.74) is 1.78. The van der Waals surface area contributed by atoms with Gasteiger partial charge in [-0.15, -0.1) is 0 Å². The molecule has 2 aliphatic heterocycles. The molecule has 0 radical (unpaired) electrons. The minimum atomic E-state index is -0.311. The molecule has 2 aromatic rings. The number of benzene rings is 1. The van der Waals surface area contributed by atoms with E-state index in [4.69, 9.17) is 0 Å². The summed E-state index contributed by atoms with van der Waals surface area (Å²) in [7, 11) is 0. The minimum Gasteiger partial charge on any atom is -0.334 e. The highest BCUT2D eigenvalue weighted by Gasteiger charge is 2.44. The molecule has 3 heterocycles. The van der Waals surface area contributed by atoms with Gasteiger partial charge in [0.25, 0.3) is 5.91 Å². The lowest BCUT2D eigenvalue weighted by atomic mass is 10.1. The predicted octanol–water partition coefficient (Wildman–Crippen LogP) is 2.71. The van der Waals surface area contributed by atoms with Gasteiger partial charge in [0.05, 0.1) is 0 Å². The van der Waals surface area contributed by atoms with Gasteiger partial charge >= 0.3 is 0 Å². The van der Waals surface area contributed by atoms with Crippen LogP contribution in [0.3, 0.4) is 0 Å². The zero-order valence-corrected chi connectivity index (χ0v) is 13.4. The zero-order valence-electron chi connectivity index (χ0n) is 13.4. The van der Waals surface area contributed by atoms with Crippen molar-refractivity contribution < 1.29 is 9.18 Å². The molecule has 124 valence electrons. The van der Waals surface area contributed by atoms with Crippen molar-refractivity contribution in [2.75, 3.05) is 13.1 Å². The summed E-state index contributed by atoms with van der Waals surface area (Å²) >= 11 is 0. The van der Waals surface area contributed by atoms with Crippen LogP contribution in [0.15, 0.2) is 48.8 Å². The first-order valence-electron chi connectivity index (χ1n) is 8.42. The molecule has 5 heteroatoms. The Morgan fingerprint density at radius 1 is 1.12 bits per heavy atom. The fraction of sp³-hybridized carbons (Fsp3) is 0.368. The summed E-state index contributed by atoms with van der Waals surface area (Å²) in [4.78, 5) is 21.4. The number of halogens is 1. The number of carbonyl (C=O) groups is 1. The second-order valence-corrected chi connectivity index (χ2v) is 6.55. The molecule has 2 atom stereocenters. The van der Waals surface area contributed by atoms with Crippen LogP contribution in [0.2, 0.25) is 0 Å². The quantitative estimate of drug-likeness (QED) is 0.871. The Labute approximate surface area is 140 Å². The van der Waals surface area contributed by atoms with Crippen LogP contribution in [0.1, 0.15) is 28.8 Å². The average molecular weight is 325 g/mol. The molecule has 24 heavy (non-hydrogen) atoms. The molecule has 2 aliphatic rings. The summed E-state index contributed by atoms with van der Waals surface area (Å²) in [5.74, 6) is -0.292. The number of likely N-dealkylation sites (tertiary alicyclic amines) is 2. The Kier molecular flexibility index (Phi) is 4.02. The summed E-state index contributed by atoms with van der Waals surface area (Å²) in [6.07, 6.45) is 5.69. The van der Waals surface area contributed by atoms with Crippen LogP contribution in [0.25, 0.3) is 0 Å². The van der Waals surface area contributed by atoms with Crippen LogP contribution in [-0.4, -0.2) is 45.9 Å². The third kappa shape index (κ3) is 2.80. The van der Waals surface area contributed by atoms with E-state index >= 15 is 0 Å². The van der Waals surface area contributed by atoms with Crippen LogP contribution in [0.4, 0.5) is 4.39 Å². The van der Waals surface area contributed by atoms with Gasteiger partial charge in [-0.2, -0.15) is 0 Å². The molecule has 4 rings (SSSR count). The maximum atomic E-state index is 13.1. The van der Waals surface area contributed by atoms with E-state index < -0.39 is 0 Å². The van der Waals surface area contributed by atoms with Gasteiger partial charge in [0.15, 0.2) is 0 Å². The molecule has 1 aromatic carbocycles. The molecule has 0 N–H and O–H groups in total. The molecular formula is C19H20FN3O. The number of carbonyl (C=O) groups excluding carboxylic acids is 1. The molecule has 0 saturated carbocycles. The van der Waals surface area contributed by atoms with Crippen LogP contribution < -0.4 is 0 Å². The maximum Gasteiger partial charge on any atom is 0.254 e. The van der Waals surface area contributed by atoms with Crippen molar-refractivity contribution >= 4 is 5.91 Å². The molecule has 4 nitrogen and oxygen atoms in total. The van der Waals surface area contributed by atoms with Gasteiger partial charge in [0.1, 0.15) is 5.82 Å². The van der Waals surface area contributed by atoms with Crippen molar-refractivity contribution in [1.29, 1.82) is 0 Å². The average Bonchev–Trinajstić information content (AvgIpc) is 3.19. The molecule has 0 bridgehead atoms. The number of hydrogen-bond acceptors (Lipinski definition) is 3. The summed E-state index contributed by atoms with van der Waals surface area (Å²) in [5, 5.41) is 0. The smallest absolute Gasteiger partial charge is 0.254 e. The Bertz CT molecular complexity index is 719. The van der Waals surface area contributed by atoms with Crippen molar-refractivity contribution in [2.45, 2.75) is 31.5 Å². The first-order valence-corrected chi connectivity index (χ1v) is 8.42. The van der Waals surface area contributed by atoms with Crippen molar-refractivity contribution in [3.8, 4) is 0 Å². The van der Waals surface area contributed by atoms with E-state index in [2.05, 4.69) is 16.0 Å². The number of hydrogen-bond donors (Lipinski definition) is 0. The van der Waals surface area contributed by atoms with Gasteiger partial charge in [-0.25, -0.2) is 4.39 Å². The third-order valence-electron chi connectivity index (χ3n) is 5.15. The number of rotatable bonds is 3. The second kappa shape index (κ2) is 6.32. The fourth-order valence-corrected chi connectivity index (χ4v) is 4.01. The molecule has 1 amide bonds. The van der Waals surface area contributed by atoms with E-state index in [1.807, 2.05) is 17.2 Å². The molecule has 2 fully saturated rings. The summed E-state index contributed by atoms with van der Waals surface area (Å²) < 4.78 is 13.1. The number of amides is 1. The molecule has 2 saturated heterocycles. The van der Waals surface area contributed by atoms with Gasteiger partial charge in [-0.3, -0.25) is 14.7 Å². The first-order chi connectivity index (χ1) is 11.7. The van der Waals surface area contributed by atoms with E-state index in [9.17, 15) is 9.18 Å². The monoisotopic (exact) mass is 325 g/mol. The Morgan fingerprint density at radius 2 is 1.92 bits per heavy atom. The minimum absolute atomic E-state index is 0.0192. The molecular weight excluding hydrogens is 305 g/mol. The van der Waals surface area contributed by atoms with E-state index in [-0.39, 0.29) is 17.8 Å². The topological polar surface area (TPSA) is 36.4 Å². The first kappa shape index (κ1) is 15.3. The lowest BCUT2D eigenvalue weighted by Gasteiger charge is -2.25. The Morgan fingerprint density at radius 3 is 2.67 bits per heavy atom. The summed E-state index contributed by atoms with van der Waals surface area (Å²) in [6.45, 7) is 2.65. The van der Waals surface area contributed by atoms with Crippen LogP contribution >= 0.6 is 0 Å². The predicted molar refractivity (Wildman–Crippen MR) is 88.9 cm³/mol. The van der Waals surface area contributed by atoms with Crippen molar-refractivity contribution in [1.82, 2.24) is 14.8 Å². The van der Waals surface area contributed by atoms with Crippen molar-refractivity contribution in [2.24, 2.45) is 0 Å². The summed E-state index contributed by atoms with van der Waals surface area (Å²) in [6, 6.07) is 10.6. The molecule has 0 aliphatic carbocycles. The van der Waals surface area contributed by atoms with Crippen LogP contribution in [0.5, 0.6) is 0 Å². The number of fused-ring (bicyclic) bond motifs is 1. The van der Waals surface area contributed by atoms with E-state index in [1.54, 1.807) is 18.3 Å². The normalized spacial score (nSPS) is 23.5. The van der Waals surface area contributed by atoms with Crippen LogP contribution in [-0.2, 0) is 6.54 Å². The van der Waals surface area contributed by atoms with Gasteiger partial charge in [0.2, 0.25) is 0 Å². The van der Waals surface area contributed by atoms with Crippen molar-refractivity contribution in [3.63, 3.8) is 0 Å². The molecule has 0 spiro atoms. The highest BCUT2D eigenvalue weighted by molar-refractivity contribution is 5.94. The second-order valence-electron chi connectivity index (χ2n) is 6.55. The van der Waals surface area contributed by atoms with Crippen LogP contribution in [0, 0.1) is 5.82 Å². The van der Waals surface area contributed by atoms with E-state index in [0.29, 0.717) is 11.6 Å². The number of aromatic nitrogens is 1. The van der Waals surface area contributed by atoms with E-state index in [0.717, 1.165) is 32.5 Å². The number of nitrogens with zero attached hydrogens (tertiary/aromatic N) is 3.